The molecule has 15 heavy (non-hydrogen) atoms. The van der Waals surface area contributed by atoms with E-state index < -0.39 is 0 Å². The molecule has 0 saturated carbocycles. The molecule has 1 rings (SSSR count). The van der Waals surface area contributed by atoms with E-state index in [-0.39, 0.29) is 0 Å². The summed E-state index contributed by atoms with van der Waals surface area (Å²) >= 11 is 1.90. The number of nitrogens with zero attached hydrogens (tertiary/aromatic N) is 3. The van der Waals surface area contributed by atoms with E-state index in [0.717, 1.165) is 22.9 Å². The van der Waals surface area contributed by atoms with Gasteiger partial charge < -0.3 is 5.32 Å². The Bertz CT molecular complexity index is 316. The largest absolute Gasteiger partial charge is 0.350 e. The number of hydrogen-bond acceptors (Lipinski definition) is 5. The summed E-state index contributed by atoms with van der Waals surface area (Å²) in [6.45, 7) is 8.14. The minimum Gasteiger partial charge on any atom is -0.350 e. The molecule has 0 aliphatic carbocycles. The average molecular weight is 226 g/mol. The minimum atomic E-state index is 0.374. The highest BCUT2D eigenvalue weighted by Crippen LogP contribution is 2.07. The van der Waals surface area contributed by atoms with Crippen molar-refractivity contribution in [3.8, 4) is 0 Å². The van der Waals surface area contributed by atoms with Crippen molar-refractivity contribution in [2.24, 2.45) is 0 Å². The predicted molar refractivity (Wildman–Crippen MR) is 65.4 cm³/mol. The third kappa shape index (κ3) is 4.03. The van der Waals surface area contributed by atoms with Gasteiger partial charge in [-0.15, -0.1) is 5.10 Å². The third-order valence-electron chi connectivity index (χ3n) is 2.04. The van der Waals surface area contributed by atoms with Gasteiger partial charge in [0.25, 0.3) is 0 Å². The lowest BCUT2D eigenvalue weighted by atomic mass is 10.4. The standard InChI is InChI=1S/C10H18N4S/c1-5-15-6-7(2)11-10-12-8(3)9(4)13-14-10/h7H,5-6H2,1-4H3,(H,11,12,14). The molecule has 4 nitrogen and oxygen atoms in total. The maximum absolute atomic E-state index is 4.33. The third-order valence-corrected chi connectivity index (χ3v) is 3.18. The maximum atomic E-state index is 4.33. The van der Waals surface area contributed by atoms with Crippen LogP contribution in [-0.4, -0.2) is 32.7 Å². The van der Waals surface area contributed by atoms with Crippen LogP contribution >= 0.6 is 11.8 Å². The van der Waals surface area contributed by atoms with Crippen molar-refractivity contribution < 1.29 is 0 Å². The first-order chi connectivity index (χ1) is 7.13. The van der Waals surface area contributed by atoms with Crippen LogP contribution in [0, 0.1) is 13.8 Å². The number of hydrogen-bond donors (Lipinski definition) is 1. The maximum Gasteiger partial charge on any atom is 0.243 e. The van der Waals surface area contributed by atoms with E-state index >= 15 is 0 Å². The fourth-order valence-corrected chi connectivity index (χ4v) is 1.75. The number of rotatable bonds is 5. The fourth-order valence-electron chi connectivity index (χ4n) is 1.07. The van der Waals surface area contributed by atoms with Crippen LogP contribution in [0.3, 0.4) is 0 Å². The molecule has 1 N–H and O–H groups in total. The van der Waals surface area contributed by atoms with Crippen molar-refractivity contribution in [2.75, 3.05) is 16.8 Å². The Morgan fingerprint density at radius 2 is 2.00 bits per heavy atom. The molecule has 0 aliphatic rings. The molecule has 84 valence electrons. The zero-order valence-electron chi connectivity index (χ0n) is 9.74. The molecular weight excluding hydrogens is 208 g/mol. The molecule has 1 aromatic heterocycles. The first kappa shape index (κ1) is 12.2. The van der Waals surface area contributed by atoms with Crippen LogP contribution in [0.1, 0.15) is 25.2 Å². The summed E-state index contributed by atoms with van der Waals surface area (Å²) in [6, 6.07) is 0.374. The average Bonchev–Trinajstić information content (AvgIpc) is 2.20. The van der Waals surface area contributed by atoms with Crippen molar-refractivity contribution >= 4 is 17.7 Å². The summed E-state index contributed by atoms with van der Waals surface area (Å²) in [5, 5.41) is 11.3. The van der Waals surface area contributed by atoms with Crippen molar-refractivity contribution in [1.29, 1.82) is 0 Å². The quantitative estimate of drug-likeness (QED) is 0.832. The molecule has 0 radical (unpaired) electrons. The summed E-state index contributed by atoms with van der Waals surface area (Å²) < 4.78 is 0. The van der Waals surface area contributed by atoms with Gasteiger partial charge in [-0.05, 0) is 26.5 Å². The SMILES string of the molecule is CCSCC(C)Nc1nnc(C)c(C)n1. The minimum absolute atomic E-state index is 0.374. The first-order valence-corrected chi connectivity index (χ1v) is 6.31. The summed E-state index contributed by atoms with van der Waals surface area (Å²) in [7, 11) is 0. The normalized spacial score (nSPS) is 12.5. The van der Waals surface area contributed by atoms with Gasteiger partial charge in [0.15, 0.2) is 0 Å². The molecule has 5 heteroatoms. The smallest absolute Gasteiger partial charge is 0.243 e. The number of anilines is 1. The van der Waals surface area contributed by atoms with Crippen LogP contribution in [-0.2, 0) is 0 Å². The highest BCUT2D eigenvalue weighted by molar-refractivity contribution is 7.99. The van der Waals surface area contributed by atoms with Crippen LogP contribution in [0.2, 0.25) is 0 Å². The number of nitrogens with one attached hydrogen (secondary N) is 1. The van der Waals surface area contributed by atoms with Gasteiger partial charge in [-0.2, -0.15) is 16.9 Å². The van der Waals surface area contributed by atoms with Crippen molar-refractivity contribution in [3.05, 3.63) is 11.4 Å². The summed E-state index contributed by atoms with van der Waals surface area (Å²) in [5.41, 5.74) is 1.82. The van der Waals surface area contributed by atoms with E-state index in [1.165, 1.54) is 0 Å². The summed E-state index contributed by atoms with van der Waals surface area (Å²) in [6.07, 6.45) is 0. The molecule has 0 bridgehead atoms. The Kier molecular flexibility index (Phi) is 4.81. The monoisotopic (exact) mass is 226 g/mol. The zero-order chi connectivity index (χ0) is 11.3. The highest BCUT2D eigenvalue weighted by atomic mass is 32.2. The molecule has 0 fully saturated rings. The molecular formula is C10H18N4S. The highest BCUT2D eigenvalue weighted by Gasteiger charge is 2.05. The molecule has 0 amide bonds. The Morgan fingerprint density at radius 3 is 2.60 bits per heavy atom. The van der Waals surface area contributed by atoms with Gasteiger partial charge in [0.05, 0.1) is 11.4 Å². The van der Waals surface area contributed by atoms with E-state index in [9.17, 15) is 0 Å². The first-order valence-electron chi connectivity index (χ1n) is 5.15. The summed E-state index contributed by atoms with van der Waals surface area (Å²) in [4.78, 5) is 4.33. The second-order valence-corrected chi connectivity index (χ2v) is 4.83. The van der Waals surface area contributed by atoms with Crippen LogP contribution < -0.4 is 5.32 Å². The summed E-state index contributed by atoms with van der Waals surface area (Å²) in [5.74, 6) is 2.83. The van der Waals surface area contributed by atoms with Gasteiger partial charge in [0, 0.05) is 11.8 Å². The van der Waals surface area contributed by atoms with Crippen molar-refractivity contribution in [2.45, 2.75) is 33.7 Å². The lowest BCUT2D eigenvalue weighted by molar-refractivity contribution is 0.836. The van der Waals surface area contributed by atoms with Gasteiger partial charge in [0.2, 0.25) is 5.95 Å². The fraction of sp³-hybridized carbons (Fsp3) is 0.700. The molecule has 0 aliphatic heterocycles. The van der Waals surface area contributed by atoms with Gasteiger partial charge >= 0.3 is 0 Å². The van der Waals surface area contributed by atoms with Crippen molar-refractivity contribution in [3.63, 3.8) is 0 Å². The second-order valence-electron chi connectivity index (χ2n) is 3.51. The molecule has 1 aromatic rings. The molecule has 1 unspecified atom stereocenters. The Labute approximate surface area is 95.3 Å². The molecule has 1 heterocycles. The van der Waals surface area contributed by atoms with E-state index in [4.69, 9.17) is 0 Å². The van der Waals surface area contributed by atoms with Crippen molar-refractivity contribution in [1.82, 2.24) is 15.2 Å². The van der Waals surface area contributed by atoms with Gasteiger partial charge in [-0.1, -0.05) is 6.92 Å². The zero-order valence-corrected chi connectivity index (χ0v) is 10.6. The molecule has 0 saturated heterocycles. The predicted octanol–water partition coefficient (Wildman–Crippen LogP) is 2.04. The Hall–Kier alpha value is -0.840. The number of thioether (sulfide) groups is 1. The topological polar surface area (TPSA) is 50.7 Å². The van der Waals surface area contributed by atoms with Gasteiger partial charge in [-0.3, -0.25) is 0 Å². The van der Waals surface area contributed by atoms with Crippen LogP contribution in [0.15, 0.2) is 0 Å². The van der Waals surface area contributed by atoms with Crippen LogP contribution in [0.25, 0.3) is 0 Å². The Morgan fingerprint density at radius 1 is 1.27 bits per heavy atom. The van der Waals surface area contributed by atoms with E-state index in [2.05, 4.69) is 34.3 Å². The lowest BCUT2D eigenvalue weighted by Crippen LogP contribution is -2.20. The molecule has 1 atom stereocenters. The van der Waals surface area contributed by atoms with E-state index in [1.807, 2.05) is 25.6 Å². The molecule has 0 aromatic carbocycles. The van der Waals surface area contributed by atoms with Gasteiger partial charge in [-0.25, -0.2) is 4.98 Å². The number of aromatic nitrogens is 3. The second kappa shape index (κ2) is 5.90. The van der Waals surface area contributed by atoms with E-state index in [1.54, 1.807) is 0 Å². The van der Waals surface area contributed by atoms with Crippen LogP contribution in [0.5, 0.6) is 0 Å². The lowest BCUT2D eigenvalue weighted by Gasteiger charge is -2.12. The molecule has 0 spiro atoms. The van der Waals surface area contributed by atoms with E-state index in [0.29, 0.717) is 12.0 Å². The number of aryl methyl sites for hydroxylation is 2. The van der Waals surface area contributed by atoms with Crippen LogP contribution in [0.4, 0.5) is 5.95 Å². The van der Waals surface area contributed by atoms with Gasteiger partial charge in [0.1, 0.15) is 0 Å². The Balaban J connectivity index is 2.53.